The molecule has 4 rings (SSSR count). The second-order valence-corrected chi connectivity index (χ2v) is 6.09. The number of carbonyl (C=O) groups excluding carboxylic acids is 1. The van der Waals surface area contributed by atoms with Crippen molar-refractivity contribution in [2.75, 3.05) is 0 Å². The van der Waals surface area contributed by atoms with Crippen molar-refractivity contribution < 1.29 is 4.79 Å². The van der Waals surface area contributed by atoms with E-state index in [0.29, 0.717) is 5.56 Å². The number of rotatable bonds is 2. The third-order valence-corrected chi connectivity index (χ3v) is 4.58. The summed E-state index contributed by atoms with van der Waals surface area (Å²) in [6, 6.07) is 7.92. The number of amides is 1. The highest BCUT2D eigenvalue weighted by Crippen LogP contribution is 2.17. The van der Waals surface area contributed by atoms with Gasteiger partial charge in [0.05, 0.1) is 0 Å². The van der Waals surface area contributed by atoms with Crippen LogP contribution in [0.4, 0.5) is 0 Å². The average molecular weight is 309 g/mol. The van der Waals surface area contributed by atoms with E-state index < -0.39 is 0 Å². The van der Waals surface area contributed by atoms with Crippen LogP contribution in [0.1, 0.15) is 34.8 Å². The lowest BCUT2D eigenvalue weighted by Crippen LogP contribution is -2.35. The molecule has 3 heterocycles. The summed E-state index contributed by atoms with van der Waals surface area (Å²) in [4.78, 5) is 15.7. The summed E-state index contributed by atoms with van der Waals surface area (Å²) in [5.74, 6) is 1.96. The number of hydrogen-bond acceptors (Lipinski definition) is 3. The smallest absolute Gasteiger partial charge is 0.251 e. The third-order valence-electron chi connectivity index (χ3n) is 4.58. The molecule has 0 saturated carbocycles. The van der Waals surface area contributed by atoms with Crippen LogP contribution in [0.2, 0.25) is 0 Å². The van der Waals surface area contributed by atoms with Crippen molar-refractivity contribution in [3.05, 3.63) is 47.7 Å². The lowest BCUT2D eigenvalue weighted by molar-refractivity contribution is 0.0933. The Hall–Kier alpha value is -2.63. The van der Waals surface area contributed by atoms with E-state index in [0.717, 1.165) is 48.4 Å². The first kappa shape index (κ1) is 14.0. The molecule has 2 N–H and O–H groups in total. The van der Waals surface area contributed by atoms with Gasteiger partial charge in [-0.05, 0) is 43.4 Å². The van der Waals surface area contributed by atoms with E-state index in [9.17, 15) is 4.79 Å². The fourth-order valence-corrected chi connectivity index (χ4v) is 3.24. The first-order valence-corrected chi connectivity index (χ1v) is 7.97. The lowest BCUT2D eigenvalue weighted by atomic mass is 10.1. The van der Waals surface area contributed by atoms with E-state index in [1.54, 1.807) is 0 Å². The van der Waals surface area contributed by atoms with Gasteiger partial charge in [0.2, 0.25) is 0 Å². The number of nitrogens with zero attached hydrogens (tertiary/aromatic N) is 3. The van der Waals surface area contributed by atoms with Gasteiger partial charge < -0.3 is 14.9 Å². The maximum absolute atomic E-state index is 12.5. The highest BCUT2D eigenvalue weighted by molar-refractivity contribution is 5.98. The molecule has 1 aromatic carbocycles. The number of aromatic nitrogens is 4. The second-order valence-electron chi connectivity index (χ2n) is 6.09. The number of H-pyrrole nitrogens is 1. The van der Waals surface area contributed by atoms with Crippen LogP contribution in [0.25, 0.3) is 10.9 Å². The molecule has 118 valence electrons. The molecule has 1 amide bonds. The van der Waals surface area contributed by atoms with Crippen LogP contribution in [0, 0.1) is 6.92 Å². The SMILES string of the molecule is Cc1nnc2n1CCC(NC(=O)c1ccc3cc[nH]c3c1)CC2. The van der Waals surface area contributed by atoms with Gasteiger partial charge in [-0.2, -0.15) is 0 Å². The molecule has 23 heavy (non-hydrogen) atoms. The summed E-state index contributed by atoms with van der Waals surface area (Å²) in [5, 5.41) is 12.6. The van der Waals surface area contributed by atoms with Gasteiger partial charge >= 0.3 is 0 Å². The summed E-state index contributed by atoms with van der Waals surface area (Å²) in [7, 11) is 0. The van der Waals surface area contributed by atoms with Crippen molar-refractivity contribution in [1.82, 2.24) is 25.1 Å². The standard InChI is InChI=1S/C17H19N5O/c1-11-20-21-16-5-4-14(7-9-22(11)16)19-17(23)13-3-2-12-6-8-18-15(12)10-13/h2-3,6,8,10,14,18H,4-5,7,9H2,1H3,(H,19,23). The van der Waals surface area contributed by atoms with E-state index in [2.05, 4.69) is 25.1 Å². The average Bonchev–Trinajstić information content (AvgIpc) is 3.10. The Morgan fingerprint density at radius 1 is 1.30 bits per heavy atom. The van der Waals surface area contributed by atoms with E-state index in [-0.39, 0.29) is 11.9 Å². The lowest BCUT2D eigenvalue weighted by Gasteiger charge is -2.16. The van der Waals surface area contributed by atoms with Gasteiger partial charge in [0.25, 0.3) is 5.91 Å². The molecule has 0 saturated heterocycles. The summed E-state index contributed by atoms with van der Waals surface area (Å²) in [5.41, 5.74) is 1.68. The van der Waals surface area contributed by atoms with Crippen molar-refractivity contribution in [2.24, 2.45) is 0 Å². The number of hydrogen-bond donors (Lipinski definition) is 2. The number of aromatic amines is 1. The zero-order chi connectivity index (χ0) is 15.8. The predicted octanol–water partition coefficient (Wildman–Crippen LogP) is 2.20. The number of fused-ring (bicyclic) bond motifs is 2. The Bertz CT molecular complexity index is 863. The molecular formula is C17H19N5O. The van der Waals surface area contributed by atoms with Crippen molar-refractivity contribution in [3.63, 3.8) is 0 Å². The van der Waals surface area contributed by atoms with Crippen molar-refractivity contribution in [3.8, 4) is 0 Å². The first-order valence-electron chi connectivity index (χ1n) is 7.97. The van der Waals surface area contributed by atoms with E-state index in [4.69, 9.17) is 0 Å². The Kier molecular flexibility index (Phi) is 3.37. The molecule has 2 aromatic heterocycles. The van der Waals surface area contributed by atoms with Gasteiger partial charge in [0, 0.05) is 36.3 Å². The fraction of sp³-hybridized carbons (Fsp3) is 0.353. The Labute approximate surface area is 133 Å². The Morgan fingerprint density at radius 2 is 2.22 bits per heavy atom. The number of carbonyl (C=O) groups is 1. The normalized spacial score (nSPS) is 17.7. The minimum absolute atomic E-state index is 0.0131. The molecule has 6 heteroatoms. The van der Waals surface area contributed by atoms with Crippen LogP contribution >= 0.6 is 0 Å². The Morgan fingerprint density at radius 3 is 3.13 bits per heavy atom. The van der Waals surface area contributed by atoms with Crippen molar-refractivity contribution >= 4 is 16.8 Å². The molecule has 0 aliphatic carbocycles. The molecule has 0 fully saturated rings. The van der Waals surface area contributed by atoms with Crippen LogP contribution in [0.15, 0.2) is 30.5 Å². The monoisotopic (exact) mass is 309 g/mol. The molecule has 0 radical (unpaired) electrons. The highest BCUT2D eigenvalue weighted by Gasteiger charge is 2.20. The van der Waals surface area contributed by atoms with Crippen molar-refractivity contribution in [1.29, 1.82) is 0 Å². The molecular weight excluding hydrogens is 290 g/mol. The third kappa shape index (κ3) is 2.60. The van der Waals surface area contributed by atoms with E-state index in [1.165, 1.54) is 0 Å². The molecule has 3 aromatic rings. The van der Waals surface area contributed by atoms with Gasteiger partial charge in [0.1, 0.15) is 11.6 Å². The first-order chi connectivity index (χ1) is 11.2. The molecule has 6 nitrogen and oxygen atoms in total. The largest absolute Gasteiger partial charge is 0.361 e. The van der Waals surface area contributed by atoms with Crippen LogP contribution in [0.5, 0.6) is 0 Å². The molecule has 1 unspecified atom stereocenters. The van der Waals surface area contributed by atoms with E-state index in [1.807, 2.05) is 37.4 Å². The molecule has 0 bridgehead atoms. The van der Waals surface area contributed by atoms with Gasteiger partial charge in [-0.15, -0.1) is 10.2 Å². The molecule has 1 atom stereocenters. The van der Waals surface area contributed by atoms with Crippen LogP contribution in [0.3, 0.4) is 0 Å². The summed E-state index contributed by atoms with van der Waals surface area (Å²) >= 11 is 0. The maximum atomic E-state index is 12.5. The summed E-state index contributed by atoms with van der Waals surface area (Å²) < 4.78 is 2.15. The van der Waals surface area contributed by atoms with Crippen LogP contribution in [-0.2, 0) is 13.0 Å². The van der Waals surface area contributed by atoms with Gasteiger partial charge in [-0.1, -0.05) is 6.07 Å². The minimum atomic E-state index is -0.0131. The van der Waals surface area contributed by atoms with Gasteiger partial charge in [-0.25, -0.2) is 0 Å². The zero-order valence-corrected chi connectivity index (χ0v) is 13.0. The van der Waals surface area contributed by atoms with Gasteiger partial charge in [-0.3, -0.25) is 4.79 Å². The van der Waals surface area contributed by atoms with Crippen LogP contribution in [-0.4, -0.2) is 31.7 Å². The summed E-state index contributed by atoms with van der Waals surface area (Å²) in [6.45, 7) is 2.83. The topological polar surface area (TPSA) is 75.6 Å². The maximum Gasteiger partial charge on any atom is 0.251 e. The minimum Gasteiger partial charge on any atom is -0.361 e. The zero-order valence-electron chi connectivity index (χ0n) is 13.0. The number of benzene rings is 1. The second kappa shape index (κ2) is 5.53. The van der Waals surface area contributed by atoms with E-state index >= 15 is 0 Å². The summed E-state index contributed by atoms with van der Waals surface area (Å²) in [6.07, 6.45) is 4.54. The van der Waals surface area contributed by atoms with Crippen LogP contribution < -0.4 is 5.32 Å². The van der Waals surface area contributed by atoms with Gasteiger partial charge in [0.15, 0.2) is 0 Å². The number of nitrogens with one attached hydrogen (secondary N) is 2. The fourth-order valence-electron chi connectivity index (χ4n) is 3.24. The predicted molar refractivity (Wildman–Crippen MR) is 87.2 cm³/mol. The van der Waals surface area contributed by atoms with Crippen molar-refractivity contribution in [2.45, 2.75) is 38.8 Å². The molecule has 0 spiro atoms. The molecule has 1 aliphatic heterocycles. The quantitative estimate of drug-likeness (QED) is 0.762. The number of aryl methyl sites for hydroxylation is 2. The highest BCUT2D eigenvalue weighted by atomic mass is 16.1. The Balaban J connectivity index is 1.46. The molecule has 1 aliphatic rings.